The predicted octanol–water partition coefficient (Wildman–Crippen LogP) is 2.08. The van der Waals surface area contributed by atoms with Gasteiger partial charge in [0.2, 0.25) is 5.91 Å². The Kier molecular flexibility index (Phi) is 3.64. The van der Waals surface area contributed by atoms with E-state index in [2.05, 4.69) is 5.32 Å². The van der Waals surface area contributed by atoms with Crippen LogP contribution >= 0.6 is 0 Å². The van der Waals surface area contributed by atoms with Crippen LogP contribution in [0.5, 0.6) is 0 Å². The number of carbonyl (C=O) groups is 2. The molecule has 0 aromatic heterocycles. The molecule has 114 valence electrons. The van der Waals surface area contributed by atoms with Crippen LogP contribution in [-0.2, 0) is 9.59 Å². The SMILES string of the molecule is N#CCC[C@@H](NC(=O)C12CC3CC(CC(C3)C1)C2)C(=O)O. The van der Waals surface area contributed by atoms with Crippen molar-refractivity contribution in [1.29, 1.82) is 5.26 Å². The quantitative estimate of drug-likeness (QED) is 0.811. The first-order chi connectivity index (χ1) is 10.0. The fourth-order valence-electron chi connectivity index (χ4n) is 5.17. The van der Waals surface area contributed by atoms with E-state index in [1.54, 1.807) is 0 Å². The van der Waals surface area contributed by atoms with Gasteiger partial charge in [0, 0.05) is 11.8 Å². The van der Waals surface area contributed by atoms with Crippen LogP contribution in [0, 0.1) is 34.5 Å². The van der Waals surface area contributed by atoms with Crippen molar-refractivity contribution < 1.29 is 14.7 Å². The van der Waals surface area contributed by atoms with Gasteiger partial charge < -0.3 is 10.4 Å². The number of hydrogen-bond donors (Lipinski definition) is 2. The third kappa shape index (κ3) is 2.64. The minimum Gasteiger partial charge on any atom is -0.480 e. The lowest BCUT2D eigenvalue weighted by molar-refractivity contribution is -0.151. The molecule has 4 aliphatic rings. The number of carboxylic acid groups (broad SMARTS) is 1. The van der Waals surface area contributed by atoms with E-state index in [0.29, 0.717) is 17.8 Å². The number of nitrogens with zero attached hydrogens (tertiary/aromatic N) is 1. The van der Waals surface area contributed by atoms with Crippen LogP contribution in [0.4, 0.5) is 0 Å². The lowest BCUT2D eigenvalue weighted by Gasteiger charge is -2.55. The molecular weight excluding hydrogens is 268 g/mol. The molecule has 2 N–H and O–H groups in total. The van der Waals surface area contributed by atoms with Gasteiger partial charge in [-0.15, -0.1) is 0 Å². The molecule has 4 rings (SSSR count). The Labute approximate surface area is 124 Å². The number of amides is 1. The third-order valence-electron chi connectivity index (χ3n) is 5.67. The maximum Gasteiger partial charge on any atom is 0.326 e. The maximum atomic E-state index is 12.7. The van der Waals surface area contributed by atoms with Gasteiger partial charge >= 0.3 is 5.97 Å². The van der Waals surface area contributed by atoms with E-state index in [1.807, 2.05) is 6.07 Å². The smallest absolute Gasteiger partial charge is 0.326 e. The molecule has 1 atom stereocenters. The highest BCUT2D eigenvalue weighted by Crippen LogP contribution is 2.60. The highest BCUT2D eigenvalue weighted by molar-refractivity contribution is 5.87. The molecule has 4 bridgehead atoms. The Morgan fingerprint density at radius 3 is 2.14 bits per heavy atom. The minimum atomic E-state index is -1.04. The zero-order valence-electron chi connectivity index (χ0n) is 12.2. The molecule has 0 radical (unpaired) electrons. The molecule has 5 nitrogen and oxygen atoms in total. The van der Waals surface area contributed by atoms with Crippen molar-refractivity contribution in [3.63, 3.8) is 0 Å². The number of aliphatic carboxylic acids is 1. The van der Waals surface area contributed by atoms with E-state index in [0.717, 1.165) is 19.3 Å². The van der Waals surface area contributed by atoms with E-state index >= 15 is 0 Å². The first-order valence-electron chi connectivity index (χ1n) is 7.93. The minimum absolute atomic E-state index is 0.0769. The van der Waals surface area contributed by atoms with Crippen LogP contribution in [0.2, 0.25) is 0 Å². The summed E-state index contributed by atoms with van der Waals surface area (Å²) in [6, 6.07) is 1.02. The lowest BCUT2D eigenvalue weighted by Crippen LogP contribution is -2.56. The molecule has 4 aliphatic carbocycles. The number of nitrogens with one attached hydrogen (secondary N) is 1. The van der Waals surface area contributed by atoms with Gasteiger partial charge in [0.1, 0.15) is 6.04 Å². The molecule has 0 unspecified atom stereocenters. The van der Waals surface area contributed by atoms with Gasteiger partial charge in [-0.1, -0.05) is 0 Å². The van der Waals surface area contributed by atoms with Gasteiger partial charge in [-0.2, -0.15) is 5.26 Å². The summed E-state index contributed by atoms with van der Waals surface area (Å²) in [4.78, 5) is 24.0. The molecule has 1 amide bonds. The first-order valence-corrected chi connectivity index (χ1v) is 7.93. The van der Waals surface area contributed by atoms with E-state index in [1.165, 1.54) is 19.3 Å². The molecule has 0 aromatic rings. The number of hydrogen-bond acceptors (Lipinski definition) is 3. The van der Waals surface area contributed by atoms with E-state index < -0.39 is 12.0 Å². The molecular formula is C16H22N2O3. The van der Waals surface area contributed by atoms with Crippen molar-refractivity contribution in [2.75, 3.05) is 0 Å². The maximum absolute atomic E-state index is 12.7. The van der Waals surface area contributed by atoms with Gasteiger partial charge in [0.05, 0.1) is 6.07 Å². The molecule has 0 saturated heterocycles. The van der Waals surface area contributed by atoms with Crippen molar-refractivity contribution in [3.8, 4) is 6.07 Å². The summed E-state index contributed by atoms with van der Waals surface area (Å²) in [7, 11) is 0. The summed E-state index contributed by atoms with van der Waals surface area (Å²) in [5.74, 6) is 0.855. The Balaban J connectivity index is 1.70. The molecule has 4 saturated carbocycles. The van der Waals surface area contributed by atoms with Gasteiger partial charge in [-0.3, -0.25) is 4.79 Å². The second-order valence-electron chi connectivity index (χ2n) is 7.26. The zero-order chi connectivity index (χ0) is 15.0. The Morgan fingerprint density at radius 2 is 1.71 bits per heavy atom. The van der Waals surface area contributed by atoms with Gasteiger partial charge in [0.25, 0.3) is 0 Å². The van der Waals surface area contributed by atoms with Crippen LogP contribution in [0.15, 0.2) is 0 Å². The predicted molar refractivity (Wildman–Crippen MR) is 75.0 cm³/mol. The summed E-state index contributed by atoms with van der Waals surface area (Å²) < 4.78 is 0. The fraction of sp³-hybridized carbons (Fsp3) is 0.812. The molecule has 4 fully saturated rings. The average Bonchev–Trinajstić information content (AvgIpc) is 2.41. The summed E-state index contributed by atoms with van der Waals surface area (Å²) >= 11 is 0. The Hall–Kier alpha value is -1.57. The summed E-state index contributed by atoms with van der Waals surface area (Å²) in [6.45, 7) is 0. The Morgan fingerprint density at radius 1 is 1.19 bits per heavy atom. The number of rotatable bonds is 5. The van der Waals surface area contributed by atoms with Crippen LogP contribution in [-0.4, -0.2) is 23.0 Å². The highest BCUT2D eigenvalue weighted by Gasteiger charge is 2.54. The lowest BCUT2D eigenvalue weighted by atomic mass is 9.49. The van der Waals surface area contributed by atoms with Gasteiger partial charge in [-0.05, 0) is 62.7 Å². The van der Waals surface area contributed by atoms with Crippen LogP contribution in [0.1, 0.15) is 51.4 Å². The largest absolute Gasteiger partial charge is 0.480 e. The molecule has 0 aromatic carbocycles. The first kappa shape index (κ1) is 14.4. The molecule has 0 heterocycles. The average molecular weight is 290 g/mol. The zero-order valence-corrected chi connectivity index (χ0v) is 12.2. The van der Waals surface area contributed by atoms with Crippen molar-refractivity contribution >= 4 is 11.9 Å². The highest BCUT2D eigenvalue weighted by atomic mass is 16.4. The van der Waals surface area contributed by atoms with Crippen molar-refractivity contribution in [1.82, 2.24) is 5.32 Å². The second-order valence-corrected chi connectivity index (χ2v) is 7.26. The van der Waals surface area contributed by atoms with E-state index in [4.69, 9.17) is 5.26 Å². The van der Waals surface area contributed by atoms with E-state index in [9.17, 15) is 14.7 Å². The van der Waals surface area contributed by atoms with Gasteiger partial charge in [-0.25, -0.2) is 4.79 Å². The van der Waals surface area contributed by atoms with Crippen LogP contribution in [0.3, 0.4) is 0 Å². The second kappa shape index (κ2) is 5.32. The Bertz CT molecular complexity index is 459. The molecule has 0 aliphatic heterocycles. The standard InChI is InChI=1S/C16H22N2O3/c17-3-1-2-13(14(19)20)18-15(21)16-7-10-4-11(8-16)6-12(5-10)9-16/h10-13H,1-2,4-9H2,(H,18,21)(H,19,20)/t10?,11?,12?,13-,16?/m1/s1. The number of carboxylic acids is 1. The van der Waals surface area contributed by atoms with Crippen molar-refractivity contribution in [3.05, 3.63) is 0 Å². The van der Waals surface area contributed by atoms with Crippen LogP contribution in [0.25, 0.3) is 0 Å². The third-order valence-corrected chi connectivity index (χ3v) is 5.67. The number of nitriles is 1. The van der Waals surface area contributed by atoms with Crippen molar-refractivity contribution in [2.24, 2.45) is 23.2 Å². The summed E-state index contributed by atoms with van der Waals surface area (Å²) in [6.07, 6.45) is 6.87. The summed E-state index contributed by atoms with van der Waals surface area (Å²) in [5, 5.41) is 20.5. The summed E-state index contributed by atoms with van der Waals surface area (Å²) in [5.41, 5.74) is -0.324. The van der Waals surface area contributed by atoms with E-state index in [-0.39, 0.29) is 24.2 Å². The normalized spacial score (nSPS) is 37.8. The van der Waals surface area contributed by atoms with Crippen molar-refractivity contribution in [2.45, 2.75) is 57.4 Å². The number of carbonyl (C=O) groups excluding carboxylic acids is 1. The molecule has 0 spiro atoms. The molecule has 21 heavy (non-hydrogen) atoms. The topological polar surface area (TPSA) is 90.2 Å². The monoisotopic (exact) mass is 290 g/mol. The fourth-order valence-corrected chi connectivity index (χ4v) is 5.17. The van der Waals surface area contributed by atoms with Crippen LogP contribution < -0.4 is 5.32 Å². The van der Waals surface area contributed by atoms with Gasteiger partial charge in [0.15, 0.2) is 0 Å². The molecule has 5 heteroatoms.